The summed E-state index contributed by atoms with van der Waals surface area (Å²) in [5.74, 6) is -1.68. The molecule has 0 aliphatic rings. The van der Waals surface area contributed by atoms with Gasteiger partial charge in [0.25, 0.3) is 11.5 Å². The lowest BCUT2D eigenvalue weighted by molar-refractivity contribution is 0.0933. The molecule has 10 heteroatoms. The molecule has 0 saturated heterocycles. The maximum Gasteiger partial charge on any atom is 0.272 e. The van der Waals surface area contributed by atoms with Gasteiger partial charge in [-0.05, 0) is 55.9 Å². The Bertz CT molecular complexity index is 1400. The number of thiophene rings is 1. The van der Waals surface area contributed by atoms with Crippen molar-refractivity contribution in [2.75, 3.05) is 7.05 Å². The van der Waals surface area contributed by atoms with Crippen molar-refractivity contribution in [3.05, 3.63) is 99.0 Å². The second-order valence-electron chi connectivity index (χ2n) is 7.48. The van der Waals surface area contributed by atoms with E-state index in [1.807, 2.05) is 25.1 Å². The number of rotatable bonds is 7. The van der Waals surface area contributed by atoms with E-state index in [0.717, 1.165) is 26.1 Å². The molecule has 3 aromatic heterocycles. The molecule has 4 rings (SSSR count). The summed E-state index contributed by atoms with van der Waals surface area (Å²) >= 11 is 1.44. The third-order valence-corrected chi connectivity index (χ3v) is 6.44. The summed E-state index contributed by atoms with van der Waals surface area (Å²) in [7, 11) is 1.76. The quantitative estimate of drug-likeness (QED) is 0.392. The highest BCUT2D eigenvalue weighted by Crippen LogP contribution is 2.34. The van der Waals surface area contributed by atoms with Crippen molar-refractivity contribution in [3.63, 3.8) is 0 Å². The van der Waals surface area contributed by atoms with Crippen LogP contribution in [0.15, 0.2) is 65.6 Å². The Kier molecular flexibility index (Phi) is 6.90. The molecule has 1 aromatic carbocycles. The number of benzene rings is 1. The predicted octanol–water partition coefficient (Wildman–Crippen LogP) is 3.84. The standard InChI is InChI=1S/C24H21F2N5O2S/c1-14(20-9-10-21(34-20)15-5-3-6-17(25)16(15)13-27-2)29-24(33)18-8-11-22(32)31(30-18)19-7-4-12-28-23(19)26/h3-12,14,27H,13H2,1-2H3,(H,29,33)/t14-/m1/s1. The fraction of sp³-hybridized carbons (Fsp3) is 0.167. The van der Waals surface area contributed by atoms with Gasteiger partial charge in [0.05, 0.1) is 6.04 Å². The number of hydrogen-bond donors (Lipinski definition) is 2. The molecule has 1 atom stereocenters. The van der Waals surface area contributed by atoms with Crippen molar-refractivity contribution < 1.29 is 13.6 Å². The van der Waals surface area contributed by atoms with Crippen molar-refractivity contribution in [1.82, 2.24) is 25.4 Å². The molecular formula is C24H21F2N5O2S. The number of nitrogens with one attached hydrogen (secondary N) is 2. The Hall–Kier alpha value is -3.76. The zero-order valence-corrected chi connectivity index (χ0v) is 19.2. The third-order valence-electron chi connectivity index (χ3n) is 5.14. The minimum atomic E-state index is -0.871. The summed E-state index contributed by atoms with van der Waals surface area (Å²) in [6.45, 7) is 2.20. The lowest BCUT2D eigenvalue weighted by Gasteiger charge is -2.13. The van der Waals surface area contributed by atoms with Gasteiger partial charge in [-0.25, -0.2) is 9.37 Å². The normalized spacial score (nSPS) is 11.9. The van der Waals surface area contributed by atoms with Gasteiger partial charge in [0, 0.05) is 34.1 Å². The van der Waals surface area contributed by atoms with E-state index >= 15 is 0 Å². The summed E-state index contributed by atoms with van der Waals surface area (Å²) in [6, 6.07) is 13.6. The first-order chi connectivity index (χ1) is 16.4. The van der Waals surface area contributed by atoms with Crippen LogP contribution in [0.5, 0.6) is 0 Å². The molecule has 0 saturated carbocycles. The topological polar surface area (TPSA) is 88.9 Å². The van der Waals surface area contributed by atoms with Gasteiger partial charge < -0.3 is 10.6 Å². The lowest BCUT2D eigenvalue weighted by Crippen LogP contribution is -2.30. The molecule has 0 fully saturated rings. The number of halogens is 2. The highest BCUT2D eigenvalue weighted by molar-refractivity contribution is 7.15. The summed E-state index contributed by atoms with van der Waals surface area (Å²) in [5, 5.41) is 9.83. The minimum absolute atomic E-state index is 0.0482. The molecule has 3 heterocycles. The van der Waals surface area contributed by atoms with Crippen molar-refractivity contribution >= 4 is 17.2 Å². The van der Waals surface area contributed by atoms with Crippen LogP contribution in [0.25, 0.3) is 16.1 Å². The van der Waals surface area contributed by atoms with Crippen LogP contribution in [0.4, 0.5) is 8.78 Å². The Morgan fingerprint density at radius 1 is 1.12 bits per heavy atom. The first-order valence-corrected chi connectivity index (χ1v) is 11.2. The fourth-order valence-corrected chi connectivity index (χ4v) is 4.52. The maximum absolute atomic E-state index is 14.3. The van der Waals surface area contributed by atoms with Gasteiger partial charge in [0.2, 0.25) is 5.95 Å². The molecule has 1 amide bonds. The first kappa shape index (κ1) is 23.4. The van der Waals surface area contributed by atoms with Crippen LogP contribution in [-0.4, -0.2) is 27.7 Å². The summed E-state index contributed by atoms with van der Waals surface area (Å²) in [5.41, 5.74) is 0.575. The second kappa shape index (κ2) is 10.0. The number of hydrogen-bond acceptors (Lipinski definition) is 6. The lowest BCUT2D eigenvalue weighted by atomic mass is 10.1. The number of amides is 1. The van der Waals surface area contributed by atoms with E-state index < -0.39 is 17.4 Å². The van der Waals surface area contributed by atoms with E-state index in [0.29, 0.717) is 12.1 Å². The summed E-state index contributed by atoms with van der Waals surface area (Å²) < 4.78 is 29.1. The van der Waals surface area contributed by atoms with Crippen molar-refractivity contribution in [2.45, 2.75) is 19.5 Å². The highest BCUT2D eigenvalue weighted by atomic mass is 32.1. The van der Waals surface area contributed by atoms with Gasteiger partial charge in [-0.15, -0.1) is 11.3 Å². The molecule has 7 nitrogen and oxygen atoms in total. The average Bonchev–Trinajstić information content (AvgIpc) is 3.32. The predicted molar refractivity (Wildman–Crippen MR) is 126 cm³/mol. The molecule has 34 heavy (non-hydrogen) atoms. The molecule has 0 aliphatic heterocycles. The van der Waals surface area contributed by atoms with Crippen molar-refractivity contribution in [3.8, 4) is 16.1 Å². The summed E-state index contributed by atoms with van der Waals surface area (Å²) in [4.78, 5) is 30.2. The molecule has 2 N–H and O–H groups in total. The van der Waals surface area contributed by atoms with Crippen LogP contribution in [0.2, 0.25) is 0 Å². The molecule has 174 valence electrons. The molecule has 0 bridgehead atoms. The van der Waals surface area contributed by atoms with Gasteiger partial charge in [-0.2, -0.15) is 14.2 Å². The van der Waals surface area contributed by atoms with Gasteiger partial charge in [0.15, 0.2) is 0 Å². The number of carbonyl (C=O) groups is 1. The van der Waals surface area contributed by atoms with Crippen LogP contribution < -0.4 is 16.2 Å². The zero-order chi connectivity index (χ0) is 24.2. The maximum atomic E-state index is 14.3. The summed E-state index contributed by atoms with van der Waals surface area (Å²) in [6.07, 6.45) is 1.25. The smallest absolute Gasteiger partial charge is 0.272 e. The first-order valence-electron chi connectivity index (χ1n) is 10.4. The SMILES string of the molecule is CNCc1c(F)cccc1-c1ccc([C@@H](C)NC(=O)c2ccc(=O)n(-c3cccnc3F)n2)s1. The zero-order valence-electron chi connectivity index (χ0n) is 18.4. The third kappa shape index (κ3) is 4.78. The second-order valence-corrected chi connectivity index (χ2v) is 8.59. The Labute approximate surface area is 198 Å². The van der Waals surface area contributed by atoms with Crippen molar-refractivity contribution in [1.29, 1.82) is 0 Å². The van der Waals surface area contributed by atoms with E-state index in [4.69, 9.17) is 0 Å². The number of carbonyl (C=O) groups excluding carboxylic acids is 1. The monoisotopic (exact) mass is 481 g/mol. The number of aromatic nitrogens is 3. The van der Waals surface area contributed by atoms with E-state index in [2.05, 4.69) is 20.7 Å². The number of pyridine rings is 1. The van der Waals surface area contributed by atoms with Crippen LogP contribution in [0, 0.1) is 11.8 Å². The van der Waals surface area contributed by atoms with Crippen LogP contribution in [-0.2, 0) is 6.54 Å². The molecule has 0 aliphatic carbocycles. The van der Waals surface area contributed by atoms with E-state index in [9.17, 15) is 18.4 Å². The average molecular weight is 482 g/mol. The van der Waals surface area contributed by atoms with E-state index in [-0.39, 0.29) is 23.2 Å². The fourth-order valence-electron chi connectivity index (χ4n) is 3.46. The molecule has 0 unspecified atom stereocenters. The largest absolute Gasteiger partial charge is 0.343 e. The molecule has 4 aromatic rings. The minimum Gasteiger partial charge on any atom is -0.343 e. The molecule has 0 radical (unpaired) electrons. The van der Waals surface area contributed by atoms with Crippen LogP contribution in [0.1, 0.15) is 33.9 Å². The van der Waals surface area contributed by atoms with Crippen LogP contribution in [0.3, 0.4) is 0 Å². The van der Waals surface area contributed by atoms with Gasteiger partial charge in [0.1, 0.15) is 17.2 Å². The van der Waals surface area contributed by atoms with E-state index in [1.165, 1.54) is 41.8 Å². The van der Waals surface area contributed by atoms with E-state index in [1.54, 1.807) is 13.1 Å². The van der Waals surface area contributed by atoms with Gasteiger partial charge in [-0.1, -0.05) is 12.1 Å². The number of nitrogens with zero attached hydrogens (tertiary/aromatic N) is 3. The van der Waals surface area contributed by atoms with Crippen molar-refractivity contribution in [2.24, 2.45) is 0 Å². The Morgan fingerprint density at radius 2 is 1.94 bits per heavy atom. The molecular weight excluding hydrogens is 460 g/mol. The van der Waals surface area contributed by atoms with Gasteiger partial charge in [-0.3, -0.25) is 9.59 Å². The van der Waals surface area contributed by atoms with Gasteiger partial charge >= 0.3 is 0 Å². The highest BCUT2D eigenvalue weighted by Gasteiger charge is 2.18. The Balaban J connectivity index is 1.56. The molecule has 0 spiro atoms. The van der Waals surface area contributed by atoms with Crippen LogP contribution >= 0.6 is 11.3 Å². The Morgan fingerprint density at radius 3 is 2.71 bits per heavy atom.